The van der Waals surface area contributed by atoms with Crippen LogP contribution >= 0.6 is 24.8 Å². The Kier molecular flexibility index (Phi) is 10.4. The number of amides is 1. The summed E-state index contributed by atoms with van der Waals surface area (Å²) >= 11 is 0. The maximum absolute atomic E-state index is 12.2. The molecular formula is C24H40Cl2N8O2. The van der Waals surface area contributed by atoms with Crippen LogP contribution in [0, 0.1) is 0 Å². The van der Waals surface area contributed by atoms with Gasteiger partial charge in [0, 0.05) is 44.4 Å². The predicted octanol–water partition coefficient (Wildman–Crippen LogP) is 3.52. The van der Waals surface area contributed by atoms with Gasteiger partial charge in [0.15, 0.2) is 17.0 Å². The molecule has 1 amide bonds. The van der Waals surface area contributed by atoms with E-state index in [1.54, 1.807) is 7.11 Å². The molecule has 0 bridgehead atoms. The Balaban J connectivity index is 0.00000180. The summed E-state index contributed by atoms with van der Waals surface area (Å²) in [6.07, 6.45) is 12.7. The number of hydrogen-bond donors (Lipinski definition) is 3. The third-order valence-electron chi connectivity index (χ3n) is 7.70. The first-order valence-electron chi connectivity index (χ1n) is 12.9. The van der Waals surface area contributed by atoms with Crippen molar-refractivity contribution in [2.45, 2.75) is 88.4 Å². The molecule has 3 heterocycles. The summed E-state index contributed by atoms with van der Waals surface area (Å²) in [6.45, 7) is 1.58. The number of nitrogens with two attached hydrogens (primary N) is 1. The molecule has 1 saturated heterocycles. The van der Waals surface area contributed by atoms with Crippen LogP contribution in [0.15, 0.2) is 6.33 Å². The molecule has 2 aromatic rings. The quantitative estimate of drug-likeness (QED) is 0.485. The minimum absolute atomic E-state index is 0. The monoisotopic (exact) mass is 542 g/mol. The molecule has 1 aliphatic heterocycles. The number of aromatic nitrogens is 4. The van der Waals surface area contributed by atoms with Gasteiger partial charge in [0.2, 0.25) is 11.9 Å². The van der Waals surface area contributed by atoms with Crippen molar-refractivity contribution in [1.29, 1.82) is 0 Å². The van der Waals surface area contributed by atoms with E-state index in [0.29, 0.717) is 24.1 Å². The molecule has 2 aromatic heterocycles. The zero-order chi connectivity index (χ0) is 23.5. The highest BCUT2D eigenvalue weighted by molar-refractivity contribution is 5.86. The molecule has 10 nitrogen and oxygen atoms in total. The third kappa shape index (κ3) is 6.51. The standard InChI is InChI=1S/C24H38N8O2.2ClH/c1-34-14-20(33)31-12-10-18(11-13-31)27-22-21-23(32(15-26-21)19-4-2-3-5-19)30-24(29-22)28-17-8-6-16(25)7-9-17;;/h15-19H,2-14,25H2,1H3,(H2,27,28,29,30);2*1H/t16-,17-;;. The predicted molar refractivity (Wildman–Crippen MR) is 146 cm³/mol. The van der Waals surface area contributed by atoms with Gasteiger partial charge in [-0.05, 0) is 51.4 Å². The molecule has 3 aliphatic rings. The molecule has 0 atom stereocenters. The van der Waals surface area contributed by atoms with Gasteiger partial charge >= 0.3 is 0 Å². The number of carbonyl (C=O) groups excluding carboxylic acids is 1. The average molecular weight is 544 g/mol. The highest BCUT2D eigenvalue weighted by atomic mass is 35.5. The van der Waals surface area contributed by atoms with Gasteiger partial charge in [0.1, 0.15) is 6.61 Å². The van der Waals surface area contributed by atoms with Crippen LogP contribution in [0.4, 0.5) is 11.8 Å². The fourth-order valence-electron chi connectivity index (χ4n) is 5.66. The second kappa shape index (κ2) is 13.1. The van der Waals surface area contributed by atoms with Crippen molar-refractivity contribution >= 4 is 53.7 Å². The Bertz CT molecular complexity index is 984. The molecule has 4 N–H and O–H groups in total. The van der Waals surface area contributed by atoms with Crippen LogP contribution in [0.1, 0.15) is 70.3 Å². The van der Waals surface area contributed by atoms with Crippen molar-refractivity contribution in [3.63, 3.8) is 0 Å². The van der Waals surface area contributed by atoms with Crippen LogP contribution in [0.3, 0.4) is 0 Å². The largest absolute Gasteiger partial charge is 0.375 e. The SMILES string of the molecule is COCC(=O)N1CCC(Nc2nc(N[C@H]3CC[C@H](N)CC3)nc3c2ncn3C2CCCC2)CC1.Cl.Cl. The lowest BCUT2D eigenvalue weighted by Gasteiger charge is -2.32. The van der Waals surface area contributed by atoms with E-state index in [1.807, 2.05) is 11.2 Å². The van der Waals surface area contributed by atoms with Crippen molar-refractivity contribution in [2.75, 3.05) is 37.4 Å². The van der Waals surface area contributed by atoms with E-state index >= 15 is 0 Å². The van der Waals surface area contributed by atoms with E-state index in [2.05, 4.69) is 15.2 Å². The topological polar surface area (TPSA) is 123 Å². The normalized spacial score (nSPS) is 23.2. The zero-order valence-electron chi connectivity index (χ0n) is 21.0. The van der Waals surface area contributed by atoms with Gasteiger partial charge in [0.05, 0.1) is 6.33 Å². The molecule has 12 heteroatoms. The number of anilines is 2. The van der Waals surface area contributed by atoms with E-state index in [0.717, 1.165) is 68.6 Å². The molecule has 5 rings (SSSR count). The smallest absolute Gasteiger partial charge is 0.248 e. The van der Waals surface area contributed by atoms with Gasteiger partial charge in [0.25, 0.3) is 0 Å². The Labute approximate surface area is 225 Å². The minimum Gasteiger partial charge on any atom is -0.375 e. The van der Waals surface area contributed by atoms with Crippen LogP contribution in [-0.2, 0) is 9.53 Å². The number of nitrogens with one attached hydrogen (secondary N) is 2. The summed E-state index contributed by atoms with van der Waals surface area (Å²) in [5.41, 5.74) is 7.85. The molecular weight excluding hydrogens is 503 g/mol. The van der Waals surface area contributed by atoms with Crippen molar-refractivity contribution in [2.24, 2.45) is 5.73 Å². The van der Waals surface area contributed by atoms with Gasteiger partial charge in [-0.1, -0.05) is 12.8 Å². The number of carbonyl (C=O) groups is 1. The van der Waals surface area contributed by atoms with Crippen LogP contribution in [0.2, 0.25) is 0 Å². The second-order valence-electron chi connectivity index (χ2n) is 10.1. The van der Waals surface area contributed by atoms with Crippen molar-refractivity contribution < 1.29 is 9.53 Å². The van der Waals surface area contributed by atoms with Crippen molar-refractivity contribution in [3.8, 4) is 0 Å². The molecule has 2 saturated carbocycles. The van der Waals surface area contributed by atoms with E-state index < -0.39 is 0 Å². The van der Waals surface area contributed by atoms with Crippen LogP contribution in [0.5, 0.6) is 0 Å². The van der Waals surface area contributed by atoms with Crippen LogP contribution in [0.25, 0.3) is 11.2 Å². The summed E-state index contributed by atoms with van der Waals surface area (Å²) in [5, 5.41) is 7.24. The van der Waals surface area contributed by atoms with E-state index in [-0.39, 0.29) is 43.4 Å². The Morgan fingerprint density at radius 3 is 2.33 bits per heavy atom. The summed E-state index contributed by atoms with van der Waals surface area (Å²) < 4.78 is 7.26. The zero-order valence-corrected chi connectivity index (χ0v) is 22.7. The number of methoxy groups -OCH3 is 1. The molecule has 202 valence electrons. The first kappa shape index (κ1) is 28.7. The number of fused-ring (bicyclic) bond motifs is 1. The highest BCUT2D eigenvalue weighted by Gasteiger charge is 2.27. The summed E-state index contributed by atoms with van der Waals surface area (Å²) in [4.78, 5) is 28.6. The number of hydrogen-bond acceptors (Lipinski definition) is 8. The van der Waals surface area contributed by atoms with Gasteiger partial charge in [-0.15, -0.1) is 24.8 Å². The number of halogens is 2. The number of likely N-dealkylation sites (tertiary alicyclic amines) is 1. The van der Waals surface area contributed by atoms with Crippen molar-refractivity contribution in [1.82, 2.24) is 24.4 Å². The summed E-state index contributed by atoms with van der Waals surface area (Å²) in [5.74, 6) is 1.51. The number of imidazole rings is 1. The van der Waals surface area contributed by atoms with Crippen LogP contribution < -0.4 is 16.4 Å². The summed E-state index contributed by atoms with van der Waals surface area (Å²) in [7, 11) is 1.56. The van der Waals surface area contributed by atoms with Gasteiger partial charge in [-0.2, -0.15) is 9.97 Å². The lowest BCUT2D eigenvalue weighted by atomic mass is 9.92. The Morgan fingerprint density at radius 1 is 1.00 bits per heavy atom. The fraction of sp³-hybridized carbons (Fsp3) is 0.750. The van der Waals surface area contributed by atoms with Gasteiger partial charge in [-0.3, -0.25) is 4.79 Å². The number of ether oxygens (including phenoxy) is 1. The number of rotatable bonds is 7. The highest BCUT2D eigenvalue weighted by Crippen LogP contribution is 2.33. The summed E-state index contributed by atoms with van der Waals surface area (Å²) in [6, 6.07) is 1.36. The first-order chi connectivity index (χ1) is 16.6. The van der Waals surface area contributed by atoms with Gasteiger partial charge in [-0.25, -0.2) is 4.98 Å². The fourth-order valence-corrected chi connectivity index (χ4v) is 5.66. The molecule has 0 spiro atoms. The molecule has 0 radical (unpaired) electrons. The average Bonchev–Trinajstić information content (AvgIpc) is 3.51. The molecule has 36 heavy (non-hydrogen) atoms. The van der Waals surface area contributed by atoms with E-state index in [4.69, 9.17) is 25.4 Å². The van der Waals surface area contributed by atoms with Gasteiger partial charge < -0.3 is 30.6 Å². The molecule has 0 unspecified atom stereocenters. The van der Waals surface area contributed by atoms with E-state index in [9.17, 15) is 4.79 Å². The minimum atomic E-state index is 0. The van der Waals surface area contributed by atoms with Crippen LogP contribution in [-0.4, -0.2) is 75.3 Å². The van der Waals surface area contributed by atoms with E-state index in [1.165, 1.54) is 25.7 Å². The number of piperidine rings is 1. The Hall–Kier alpha value is -1.88. The maximum atomic E-state index is 12.2. The molecule has 0 aromatic carbocycles. The lowest BCUT2D eigenvalue weighted by molar-refractivity contribution is -0.136. The third-order valence-corrected chi connectivity index (χ3v) is 7.70. The molecule has 2 aliphatic carbocycles. The Morgan fingerprint density at radius 2 is 1.67 bits per heavy atom. The second-order valence-corrected chi connectivity index (χ2v) is 10.1. The molecule has 3 fully saturated rings. The van der Waals surface area contributed by atoms with Crippen molar-refractivity contribution in [3.05, 3.63) is 6.33 Å². The first-order valence-corrected chi connectivity index (χ1v) is 12.9. The lowest BCUT2D eigenvalue weighted by Crippen LogP contribution is -2.43. The number of nitrogens with zero attached hydrogens (tertiary/aromatic N) is 5. The maximum Gasteiger partial charge on any atom is 0.248 e.